The SMILES string of the molecule is CCc1ccc(S(=O)(=O)CC(N)C(C)C)cc1. The van der Waals surface area contributed by atoms with E-state index in [0.29, 0.717) is 4.90 Å². The molecule has 0 saturated heterocycles. The number of hydrogen-bond donors (Lipinski definition) is 1. The van der Waals surface area contributed by atoms with Crippen LogP contribution in [0.4, 0.5) is 0 Å². The molecule has 0 aliphatic carbocycles. The first-order chi connectivity index (χ1) is 7.86. The van der Waals surface area contributed by atoms with Crippen LogP contribution in [0.1, 0.15) is 26.3 Å². The molecule has 2 N–H and O–H groups in total. The minimum atomic E-state index is -3.25. The lowest BCUT2D eigenvalue weighted by Crippen LogP contribution is -2.34. The van der Waals surface area contributed by atoms with Crippen molar-refractivity contribution in [3.63, 3.8) is 0 Å². The van der Waals surface area contributed by atoms with E-state index >= 15 is 0 Å². The fourth-order valence-corrected chi connectivity index (χ4v) is 3.11. The van der Waals surface area contributed by atoms with Crippen LogP contribution in [-0.4, -0.2) is 20.2 Å². The molecule has 1 aromatic rings. The molecule has 3 nitrogen and oxygen atoms in total. The van der Waals surface area contributed by atoms with Crippen LogP contribution in [0.25, 0.3) is 0 Å². The standard InChI is InChI=1S/C13H21NO2S/c1-4-11-5-7-12(8-6-11)17(15,16)9-13(14)10(2)3/h5-8,10,13H,4,9,14H2,1-3H3. The van der Waals surface area contributed by atoms with E-state index in [1.54, 1.807) is 12.1 Å². The first-order valence-corrected chi connectivity index (χ1v) is 7.59. The van der Waals surface area contributed by atoms with Gasteiger partial charge in [-0.15, -0.1) is 0 Å². The molecule has 0 aliphatic heterocycles. The van der Waals surface area contributed by atoms with E-state index in [9.17, 15) is 8.42 Å². The van der Waals surface area contributed by atoms with Gasteiger partial charge in [0.25, 0.3) is 0 Å². The predicted molar refractivity (Wildman–Crippen MR) is 70.7 cm³/mol. The van der Waals surface area contributed by atoms with Crippen LogP contribution in [0.5, 0.6) is 0 Å². The monoisotopic (exact) mass is 255 g/mol. The fraction of sp³-hybridized carbons (Fsp3) is 0.538. The van der Waals surface area contributed by atoms with Crippen molar-refractivity contribution >= 4 is 9.84 Å². The highest BCUT2D eigenvalue weighted by Gasteiger charge is 2.20. The first-order valence-electron chi connectivity index (χ1n) is 5.94. The van der Waals surface area contributed by atoms with Crippen molar-refractivity contribution in [1.82, 2.24) is 0 Å². The molecule has 1 unspecified atom stereocenters. The topological polar surface area (TPSA) is 60.2 Å². The molecule has 1 aromatic carbocycles. The molecule has 0 aromatic heterocycles. The summed E-state index contributed by atoms with van der Waals surface area (Å²) in [6.07, 6.45) is 0.909. The van der Waals surface area contributed by atoms with Crippen LogP contribution in [0.2, 0.25) is 0 Å². The second kappa shape index (κ2) is 5.65. The molecule has 0 saturated carbocycles. The highest BCUT2D eigenvalue weighted by Crippen LogP contribution is 2.15. The summed E-state index contributed by atoms with van der Waals surface area (Å²) in [5, 5.41) is 0. The van der Waals surface area contributed by atoms with Crippen molar-refractivity contribution in [3.05, 3.63) is 29.8 Å². The van der Waals surface area contributed by atoms with Crippen molar-refractivity contribution < 1.29 is 8.42 Å². The summed E-state index contributed by atoms with van der Waals surface area (Å²) in [5.41, 5.74) is 6.95. The highest BCUT2D eigenvalue weighted by atomic mass is 32.2. The molecule has 0 amide bonds. The van der Waals surface area contributed by atoms with Gasteiger partial charge in [-0.3, -0.25) is 0 Å². The van der Waals surface area contributed by atoms with Gasteiger partial charge in [0.2, 0.25) is 0 Å². The van der Waals surface area contributed by atoms with E-state index in [1.165, 1.54) is 0 Å². The summed E-state index contributed by atoms with van der Waals surface area (Å²) < 4.78 is 24.1. The van der Waals surface area contributed by atoms with Gasteiger partial charge in [0, 0.05) is 6.04 Å². The normalized spacial score (nSPS) is 13.9. The quantitative estimate of drug-likeness (QED) is 0.875. The van der Waals surface area contributed by atoms with Crippen LogP contribution in [0.3, 0.4) is 0 Å². The lowest BCUT2D eigenvalue weighted by atomic mass is 10.1. The van der Waals surface area contributed by atoms with E-state index in [0.717, 1.165) is 12.0 Å². The zero-order valence-corrected chi connectivity index (χ0v) is 11.5. The second-order valence-electron chi connectivity index (χ2n) is 4.69. The molecule has 17 heavy (non-hydrogen) atoms. The maximum atomic E-state index is 12.1. The second-order valence-corrected chi connectivity index (χ2v) is 6.72. The largest absolute Gasteiger partial charge is 0.327 e. The van der Waals surface area contributed by atoms with Crippen molar-refractivity contribution in [2.45, 2.75) is 38.1 Å². The fourth-order valence-electron chi connectivity index (χ4n) is 1.47. The van der Waals surface area contributed by atoms with Gasteiger partial charge in [-0.1, -0.05) is 32.9 Å². The zero-order valence-electron chi connectivity index (χ0n) is 10.7. The van der Waals surface area contributed by atoms with Crippen molar-refractivity contribution in [1.29, 1.82) is 0 Å². The van der Waals surface area contributed by atoms with Crippen LogP contribution >= 0.6 is 0 Å². The molecule has 0 bridgehead atoms. The molecule has 0 heterocycles. The number of benzene rings is 1. The van der Waals surface area contributed by atoms with E-state index in [1.807, 2.05) is 32.9 Å². The van der Waals surface area contributed by atoms with Crippen LogP contribution in [-0.2, 0) is 16.3 Å². The molecule has 1 rings (SSSR count). The Morgan fingerprint density at radius 3 is 2.12 bits per heavy atom. The van der Waals surface area contributed by atoms with Gasteiger partial charge in [0.05, 0.1) is 10.6 Å². The van der Waals surface area contributed by atoms with E-state index < -0.39 is 9.84 Å². The Hall–Kier alpha value is -0.870. The Kier molecular flexibility index (Phi) is 4.71. The summed E-state index contributed by atoms with van der Waals surface area (Å²) in [6, 6.07) is 6.73. The molecule has 1 atom stereocenters. The average Bonchev–Trinajstić information content (AvgIpc) is 2.28. The summed E-state index contributed by atoms with van der Waals surface area (Å²) in [7, 11) is -3.25. The summed E-state index contributed by atoms with van der Waals surface area (Å²) in [6.45, 7) is 5.90. The summed E-state index contributed by atoms with van der Waals surface area (Å²) in [4.78, 5) is 0.366. The molecular formula is C13H21NO2S. The average molecular weight is 255 g/mol. The minimum absolute atomic E-state index is 0.0101. The number of aryl methyl sites for hydroxylation is 1. The Bertz CT molecular complexity index is 449. The molecule has 0 spiro atoms. The van der Waals surface area contributed by atoms with E-state index in [4.69, 9.17) is 5.73 Å². The number of hydrogen-bond acceptors (Lipinski definition) is 3. The number of nitrogens with two attached hydrogens (primary N) is 1. The van der Waals surface area contributed by atoms with Gasteiger partial charge in [-0.2, -0.15) is 0 Å². The van der Waals surface area contributed by atoms with Gasteiger partial charge in [-0.05, 0) is 30.0 Å². The van der Waals surface area contributed by atoms with Crippen LogP contribution in [0.15, 0.2) is 29.2 Å². The Balaban J connectivity index is 2.89. The molecule has 4 heteroatoms. The third kappa shape index (κ3) is 3.82. The first kappa shape index (κ1) is 14.2. The van der Waals surface area contributed by atoms with Gasteiger partial charge in [-0.25, -0.2) is 8.42 Å². The lowest BCUT2D eigenvalue weighted by Gasteiger charge is -2.15. The van der Waals surface area contributed by atoms with Crippen molar-refractivity contribution in [3.8, 4) is 0 Å². The highest BCUT2D eigenvalue weighted by molar-refractivity contribution is 7.91. The number of rotatable bonds is 5. The molecule has 0 fully saturated rings. The molecular weight excluding hydrogens is 234 g/mol. The summed E-state index contributed by atoms with van der Waals surface area (Å²) in [5.74, 6) is 0.176. The Labute approximate surface area is 104 Å². The predicted octanol–water partition coefficient (Wildman–Crippen LogP) is 2.01. The zero-order chi connectivity index (χ0) is 13.1. The van der Waals surface area contributed by atoms with Gasteiger partial charge >= 0.3 is 0 Å². The van der Waals surface area contributed by atoms with Crippen LogP contribution in [0, 0.1) is 5.92 Å². The van der Waals surface area contributed by atoms with Gasteiger partial charge in [0.15, 0.2) is 9.84 Å². The van der Waals surface area contributed by atoms with E-state index in [-0.39, 0.29) is 17.7 Å². The Morgan fingerprint density at radius 1 is 1.18 bits per heavy atom. The third-order valence-corrected chi connectivity index (χ3v) is 4.77. The lowest BCUT2D eigenvalue weighted by molar-refractivity contribution is 0.516. The minimum Gasteiger partial charge on any atom is -0.327 e. The third-order valence-electron chi connectivity index (χ3n) is 2.96. The number of sulfone groups is 1. The maximum Gasteiger partial charge on any atom is 0.179 e. The molecule has 96 valence electrons. The Morgan fingerprint density at radius 2 is 1.71 bits per heavy atom. The van der Waals surface area contributed by atoms with Gasteiger partial charge < -0.3 is 5.73 Å². The smallest absolute Gasteiger partial charge is 0.179 e. The van der Waals surface area contributed by atoms with Gasteiger partial charge in [0.1, 0.15) is 0 Å². The van der Waals surface area contributed by atoms with E-state index in [2.05, 4.69) is 0 Å². The molecule has 0 radical (unpaired) electrons. The van der Waals surface area contributed by atoms with Crippen molar-refractivity contribution in [2.24, 2.45) is 11.7 Å². The maximum absolute atomic E-state index is 12.1. The van der Waals surface area contributed by atoms with Crippen LogP contribution < -0.4 is 5.73 Å². The molecule has 0 aliphatic rings. The van der Waals surface area contributed by atoms with Crippen molar-refractivity contribution in [2.75, 3.05) is 5.75 Å². The summed E-state index contributed by atoms with van der Waals surface area (Å²) >= 11 is 0.